The van der Waals surface area contributed by atoms with Crippen LogP contribution in [0.1, 0.15) is 43.2 Å². The molecule has 126 valence electrons. The van der Waals surface area contributed by atoms with Crippen molar-refractivity contribution in [3.63, 3.8) is 0 Å². The van der Waals surface area contributed by atoms with Crippen LogP contribution in [0.5, 0.6) is 0 Å². The van der Waals surface area contributed by atoms with Crippen molar-refractivity contribution in [3.8, 4) is 0 Å². The van der Waals surface area contributed by atoms with Crippen LogP contribution in [-0.2, 0) is 4.74 Å². The first-order valence-electron chi connectivity index (χ1n) is 7.93. The molecule has 0 aliphatic carbocycles. The van der Waals surface area contributed by atoms with Crippen molar-refractivity contribution in [2.75, 3.05) is 19.6 Å². The molecule has 0 bridgehead atoms. The molecule has 1 atom stereocenters. The summed E-state index contributed by atoms with van der Waals surface area (Å²) in [7, 11) is 0. The number of carbonyl (C=O) groups is 2. The molecule has 6 nitrogen and oxygen atoms in total. The van der Waals surface area contributed by atoms with Crippen LogP contribution in [0.15, 0.2) is 18.3 Å². The molecule has 0 saturated carbocycles. The van der Waals surface area contributed by atoms with Gasteiger partial charge in [-0.25, -0.2) is 4.79 Å². The van der Waals surface area contributed by atoms with Crippen LogP contribution in [0.2, 0.25) is 0 Å². The van der Waals surface area contributed by atoms with E-state index in [1.807, 2.05) is 38.7 Å². The fraction of sp³-hybridized carbons (Fsp3) is 0.588. The summed E-state index contributed by atoms with van der Waals surface area (Å²) in [6, 6.07) is 3.64. The van der Waals surface area contributed by atoms with Gasteiger partial charge >= 0.3 is 6.09 Å². The highest BCUT2D eigenvalue weighted by atomic mass is 16.6. The largest absolute Gasteiger partial charge is 0.444 e. The molecule has 1 aromatic rings. The summed E-state index contributed by atoms with van der Waals surface area (Å²) in [4.78, 5) is 30.0. The van der Waals surface area contributed by atoms with Gasteiger partial charge in [0.25, 0.3) is 5.91 Å². The number of carbonyl (C=O) groups excluding carboxylic acids is 2. The monoisotopic (exact) mass is 319 g/mol. The van der Waals surface area contributed by atoms with E-state index in [1.165, 1.54) is 0 Å². The van der Waals surface area contributed by atoms with E-state index in [0.29, 0.717) is 25.2 Å². The lowest BCUT2D eigenvalue weighted by atomic mass is 10.1. The van der Waals surface area contributed by atoms with Gasteiger partial charge in [0, 0.05) is 31.5 Å². The lowest BCUT2D eigenvalue weighted by molar-refractivity contribution is 0.0520. The minimum atomic E-state index is -0.500. The van der Waals surface area contributed by atoms with E-state index < -0.39 is 11.7 Å². The predicted molar refractivity (Wildman–Crippen MR) is 87.2 cm³/mol. The average molecular weight is 319 g/mol. The molecule has 1 saturated heterocycles. The summed E-state index contributed by atoms with van der Waals surface area (Å²) in [6.07, 6.45) is 2.08. The van der Waals surface area contributed by atoms with Crippen LogP contribution in [0, 0.1) is 12.8 Å². The van der Waals surface area contributed by atoms with Crippen molar-refractivity contribution < 1.29 is 14.3 Å². The van der Waals surface area contributed by atoms with Crippen molar-refractivity contribution >= 4 is 12.0 Å². The van der Waals surface area contributed by atoms with Gasteiger partial charge in [0.05, 0.1) is 5.56 Å². The highest BCUT2D eigenvalue weighted by Gasteiger charge is 2.27. The smallest absolute Gasteiger partial charge is 0.407 e. The Labute approximate surface area is 137 Å². The highest BCUT2D eigenvalue weighted by Crippen LogP contribution is 2.18. The molecule has 1 fully saturated rings. The summed E-state index contributed by atoms with van der Waals surface area (Å²) < 4.78 is 5.21. The fourth-order valence-electron chi connectivity index (χ4n) is 2.50. The number of ether oxygens (including phenoxy) is 1. The molecule has 0 unspecified atom stereocenters. The third kappa shape index (κ3) is 5.23. The van der Waals surface area contributed by atoms with Crippen molar-refractivity contribution in [2.45, 2.75) is 39.7 Å². The topological polar surface area (TPSA) is 71.5 Å². The van der Waals surface area contributed by atoms with Crippen LogP contribution in [0.4, 0.5) is 4.79 Å². The number of hydrogen-bond donors (Lipinski definition) is 1. The summed E-state index contributed by atoms with van der Waals surface area (Å²) in [5.74, 6) is 0.252. The molecule has 1 aromatic heterocycles. The number of pyridine rings is 1. The number of nitrogens with one attached hydrogen (secondary N) is 1. The molecular formula is C17H25N3O3. The second kappa shape index (κ2) is 6.98. The summed E-state index contributed by atoms with van der Waals surface area (Å²) in [5.41, 5.74) is 0.999. The third-order valence-electron chi connectivity index (χ3n) is 3.67. The van der Waals surface area contributed by atoms with Gasteiger partial charge in [0.1, 0.15) is 5.60 Å². The van der Waals surface area contributed by atoms with Crippen molar-refractivity contribution in [2.24, 2.45) is 5.92 Å². The molecular weight excluding hydrogens is 294 g/mol. The lowest BCUT2D eigenvalue weighted by Crippen LogP contribution is -2.36. The Morgan fingerprint density at radius 1 is 1.39 bits per heavy atom. The Morgan fingerprint density at radius 2 is 2.13 bits per heavy atom. The van der Waals surface area contributed by atoms with Crippen molar-refractivity contribution in [3.05, 3.63) is 29.6 Å². The average Bonchev–Trinajstić information content (AvgIpc) is 2.92. The Hall–Kier alpha value is -2.11. The Bertz CT molecular complexity index is 563. The van der Waals surface area contributed by atoms with Crippen LogP contribution in [0.3, 0.4) is 0 Å². The van der Waals surface area contributed by atoms with Crippen LogP contribution in [0.25, 0.3) is 0 Å². The van der Waals surface area contributed by atoms with Gasteiger partial charge in [-0.05, 0) is 52.2 Å². The molecule has 0 aromatic carbocycles. The van der Waals surface area contributed by atoms with E-state index in [0.717, 1.165) is 12.1 Å². The number of likely N-dealkylation sites (tertiary alicyclic amines) is 1. The molecule has 2 rings (SSSR count). The van der Waals surface area contributed by atoms with E-state index in [-0.39, 0.29) is 11.8 Å². The normalized spacial score (nSPS) is 17.9. The maximum atomic E-state index is 12.4. The van der Waals surface area contributed by atoms with Gasteiger partial charge in [-0.1, -0.05) is 0 Å². The molecule has 1 N–H and O–H groups in total. The number of alkyl carbamates (subject to hydrolysis) is 1. The quantitative estimate of drug-likeness (QED) is 0.928. The summed E-state index contributed by atoms with van der Waals surface area (Å²) in [5, 5.41) is 2.78. The molecule has 0 spiro atoms. The molecule has 0 radical (unpaired) electrons. The Kier molecular flexibility index (Phi) is 5.23. The Balaban J connectivity index is 1.81. The predicted octanol–water partition coefficient (Wildman–Crippen LogP) is 2.38. The van der Waals surface area contributed by atoms with Crippen LogP contribution >= 0.6 is 0 Å². The van der Waals surface area contributed by atoms with Gasteiger partial charge < -0.3 is 15.0 Å². The van der Waals surface area contributed by atoms with E-state index in [2.05, 4.69) is 10.3 Å². The van der Waals surface area contributed by atoms with E-state index in [1.54, 1.807) is 12.3 Å². The second-order valence-corrected chi connectivity index (χ2v) is 6.98. The first-order valence-corrected chi connectivity index (χ1v) is 7.93. The molecule has 1 aliphatic heterocycles. The van der Waals surface area contributed by atoms with E-state index >= 15 is 0 Å². The van der Waals surface area contributed by atoms with E-state index in [9.17, 15) is 9.59 Å². The summed E-state index contributed by atoms with van der Waals surface area (Å²) in [6.45, 7) is 9.25. The number of aryl methyl sites for hydroxylation is 1. The molecule has 1 aliphatic rings. The molecule has 2 amide bonds. The van der Waals surface area contributed by atoms with Gasteiger partial charge in [0.15, 0.2) is 0 Å². The first-order chi connectivity index (χ1) is 10.7. The first kappa shape index (κ1) is 17.2. The number of hydrogen-bond acceptors (Lipinski definition) is 4. The van der Waals surface area contributed by atoms with Crippen molar-refractivity contribution in [1.82, 2.24) is 15.2 Å². The zero-order valence-electron chi connectivity index (χ0n) is 14.3. The minimum absolute atomic E-state index is 0.00253. The second-order valence-electron chi connectivity index (χ2n) is 6.98. The molecule has 2 heterocycles. The Morgan fingerprint density at radius 3 is 2.74 bits per heavy atom. The third-order valence-corrected chi connectivity index (χ3v) is 3.67. The lowest BCUT2D eigenvalue weighted by Gasteiger charge is -2.21. The standard InChI is InChI=1S/C17H25N3O3/c1-12-5-6-14(10-18-12)15(21)20-8-7-13(11-20)9-19-16(22)23-17(2,3)4/h5-6,10,13H,7-9,11H2,1-4H3,(H,19,22)/t13-/m0/s1. The van der Waals surface area contributed by atoms with Gasteiger partial charge in [-0.2, -0.15) is 0 Å². The maximum Gasteiger partial charge on any atom is 0.407 e. The van der Waals surface area contributed by atoms with Crippen LogP contribution in [-0.4, -0.2) is 47.1 Å². The van der Waals surface area contributed by atoms with Gasteiger partial charge in [-0.3, -0.25) is 9.78 Å². The van der Waals surface area contributed by atoms with Gasteiger partial charge in [-0.15, -0.1) is 0 Å². The van der Waals surface area contributed by atoms with Gasteiger partial charge in [0.2, 0.25) is 0 Å². The number of amides is 2. The van der Waals surface area contributed by atoms with Crippen molar-refractivity contribution in [1.29, 1.82) is 0 Å². The molecule has 6 heteroatoms. The number of rotatable bonds is 3. The van der Waals surface area contributed by atoms with E-state index in [4.69, 9.17) is 4.74 Å². The van der Waals surface area contributed by atoms with Crippen LogP contribution < -0.4 is 5.32 Å². The highest BCUT2D eigenvalue weighted by molar-refractivity contribution is 5.94. The minimum Gasteiger partial charge on any atom is -0.444 e. The summed E-state index contributed by atoms with van der Waals surface area (Å²) >= 11 is 0. The SMILES string of the molecule is Cc1ccc(C(=O)N2CC[C@@H](CNC(=O)OC(C)(C)C)C2)cn1. The number of aromatic nitrogens is 1. The fourth-order valence-corrected chi connectivity index (χ4v) is 2.50. The molecule has 23 heavy (non-hydrogen) atoms. The zero-order chi connectivity index (χ0) is 17.0. The zero-order valence-corrected chi connectivity index (χ0v) is 14.3. The number of nitrogens with zero attached hydrogens (tertiary/aromatic N) is 2. The maximum absolute atomic E-state index is 12.4.